The Morgan fingerprint density at radius 3 is 2.17 bits per heavy atom. The van der Waals surface area contributed by atoms with Crippen LogP contribution >= 0.6 is 0 Å². The van der Waals surface area contributed by atoms with Gasteiger partial charge >= 0.3 is 0 Å². The summed E-state index contributed by atoms with van der Waals surface area (Å²) in [6, 6.07) is 11.5. The van der Waals surface area contributed by atoms with Crippen LogP contribution in [0.2, 0.25) is 0 Å². The van der Waals surface area contributed by atoms with E-state index >= 15 is 0 Å². The molecule has 7 nitrogen and oxygen atoms in total. The summed E-state index contributed by atoms with van der Waals surface area (Å²) in [4.78, 5) is 25.8. The average molecular weight is 430 g/mol. The normalized spacial score (nSPS) is 15.0. The van der Waals surface area contributed by atoms with Crippen LogP contribution in [0.15, 0.2) is 47.4 Å². The quantitative estimate of drug-likeness (QED) is 0.764. The molecule has 30 heavy (non-hydrogen) atoms. The predicted molar refractivity (Wildman–Crippen MR) is 116 cm³/mol. The summed E-state index contributed by atoms with van der Waals surface area (Å²) in [6.45, 7) is 6.44. The molecular formula is C22H27N3O4S. The van der Waals surface area contributed by atoms with Crippen LogP contribution in [0.5, 0.6) is 0 Å². The molecule has 0 unspecified atom stereocenters. The first-order valence-corrected chi connectivity index (χ1v) is 11.4. The van der Waals surface area contributed by atoms with E-state index in [-0.39, 0.29) is 22.8 Å². The molecule has 8 heteroatoms. The van der Waals surface area contributed by atoms with Crippen molar-refractivity contribution in [1.29, 1.82) is 0 Å². The zero-order valence-electron chi connectivity index (χ0n) is 17.4. The summed E-state index contributed by atoms with van der Waals surface area (Å²) in [5.41, 5.74) is 2.83. The van der Waals surface area contributed by atoms with Gasteiger partial charge in [0.15, 0.2) is 0 Å². The van der Waals surface area contributed by atoms with Gasteiger partial charge in [0, 0.05) is 37.3 Å². The molecule has 2 aromatic carbocycles. The van der Waals surface area contributed by atoms with Crippen LogP contribution in [0, 0.1) is 13.8 Å². The first kappa shape index (κ1) is 21.8. The number of aryl methyl sites for hydroxylation is 2. The zero-order chi connectivity index (χ0) is 21.9. The number of hydrogen-bond donors (Lipinski definition) is 2. The molecule has 2 amide bonds. The Morgan fingerprint density at radius 2 is 1.60 bits per heavy atom. The van der Waals surface area contributed by atoms with Gasteiger partial charge in [-0.2, -0.15) is 0 Å². The standard InChI is InChI=1S/C22H27N3O4S/c1-15-4-9-21(14-16(15)2)30(28,29)24-20-7-5-18(6-8-20)22(27)25-12-10-19(11-13-25)23-17(3)26/h4-9,14,19,24H,10-13H2,1-3H3,(H,23,26). The van der Waals surface area contributed by atoms with Crippen LogP contribution in [-0.2, 0) is 14.8 Å². The molecular weight excluding hydrogens is 402 g/mol. The zero-order valence-corrected chi connectivity index (χ0v) is 18.3. The first-order valence-electron chi connectivity index (χ1n) is 9.92. The van der Waals surface area contributed by atoms with Crippen LogP contribution in [0.1, 0.15) is 41.3 Å². The topological polar surface area (TPSA) is 95.6 Å². The fraction of sp³-hybridized carbons (Fsp3) is 0.364. The molecule has 0 atom stereocenters. The van der Waals surface area contributed by atoms with Crippen molar-refractivity contribution in [2.75, 3.05) is 17.8 Å². The second-order valence-corrected chi connectivity index (χ2v) is 9.38. The van der Waals surface area contributed by atoms with E-state index in [0.717, 1.165) is 24.0 Å². The fourth-order valence-electron chi connectivity index (χ4n) is 3.47. The van der Waals surface area contributed by atoms with Gasteiger partial charge in [-0.1, -0.05) is 6.07 Å². The summed E-state index contributed by atoms with van der Waals surface area (Å²) in [7, 11) is -3.70. The highest BCUT2D eigenvalue weighted by Crippen LogP contribution is 2.20. The number of carbonyl (C=O) groups is 2. The average Bonchev–Trinajstić information content (AvgIpc) is 2.70. The lowest BCUT2D eigenvalue weighted by atomic mass is 10.0. The maximum atomic E-state index is 12.7. The molecule has 3 rings (SSSR count). The second-order valence-electron chi connectivity index (χ2n) is 7.70. The number of likely N-dealkylation sites (tertiary alicyclic amines) is 1. The minimum absolute atomic E-state index is 0.0568. The van der Waals surface area contributed by atoms with Crippen molar-refractivity contribution in [3.8, 4) is 0 Å². The second kappa shape index (κ2) is 8.87. The van der Waals surface area contributed by atoms with Gasteiger partial charge in [-0.05, 0) is 74.2 Å². The van der Waals surface area contributed by atoms with Crippen LogP contribution in [-0.4, -0.2) is 44.3 Å². The molecule has 1 aliphatic heterocycles. The fourth-order valence-corrected chi connectivity index (χ4v) is 4.62. The van der Waals surface area contributed by atoms with Gasteiger partial charge in [0.1, 0.15) is 0 Å². The number of nitrogens with zero attached hydrogens (tertiary/aromatic N) is 1. The summed E-state index contributed by atoms with van der Waals surface area (Å²) in [6.07, 6.45) is 1.44. The number of nitrogens with one attached hydrogen (secondary N) is 2. The summed E-state index contributed by atoms with van der Waals surface area (Å²) < 4.78 is 27.8. The Bertz CT molecular complexity index is 1040. The highest BCUT2D eigenvalue weighted by atomic mass is 32.2. The molecule has 0 aromatic heterocycles. The van der Waals surface area contributed by atoms with Crippen molar-refractivity contribution in [1.82, 2.24) is 10.2 Å². The smallest absolute Gasteiger partial charge is 0.261 e. The maximum Gasteiger partial charge on any atom is 0.261 e. The highest BCUT2D eigenvalue weighted by molar-refractivity contribution is 7.92. The Labute approximate surface area is 177 Å². The Kier molecular flexibility index (Phi) is 6.45. The van der Waals surface area contributed by atoms with E-state index in [1.807, 2.05) is 13.8 Å². The molecule has 1 aliphatic rings. The number of sulfonamides is 1. The Balaban J connectivity index is 1.64. The molecule has 1 heterocycles. The lowest BCUT2D eigenvalue weighted by Crippen LogP contribution is -2.46. The Hall–Kier alpha value is -2.87. The maximum absolute atomic E-state index is 12.7. The molecule has 0 bridgehead atoms. The third-order valence-corrected chi connectivity index (χ3v) is 6.74. The van der Waals surface area contributed by atoms with E-state index in [4.69, 9.17) is 0 Å². The number of benzene rings is 2. The SMILES string of the molecule is CC(=O)NC1CCN(C(=O)c2ccc(NS(=O)(=O)c3ccc(C)c(C)c3)cc2)CC1. The van der Waals surface area contributed by atoms with E-state index in [9.17, 15) is 18.0 Å². The summed E-state index contributed by atoms with van der Waals surface area (Å²) in [5, 5.41) is 2.89. The first-order chi connectivity index (χ1) is 14.2. The van der Waals surface area contributed by atoms with E-state index in [1.165, 1.54) is 6.92 Å². The monoisotopic (exact) mass is 429 g/mol. The molecule has 0 saturated carbocycles. The minimum atomic E-state index is -3.70. The third-order valence-electron chi connectivity index (χ3n) is 5.36. The van der Waals surface area contributed by atoms with Gasteiger partial charge < -0.3 is 10.2 Å². The van der Waals surface area contributed by atoms with E-state index in [0.29, 0.717) is 24.3 Å². The van der Waals surface area contributed by atoms with Crippen molar-refractivity contribution in [2.24, 2.45) is 0 Å². The van der Waals surface area contributed by atoms with Crippen LogP contribution < -0.4 is 10.0 Å². The molecule has 2 N–H and O–H groups in total. The number of anilines is 1. The van der Waals surface area contributed by atoms with Crippen LogP contribution in [0.4, 0.5) is 5.69 Å². The molecule has 1 saturated heterocycles. The molecule has 0 spiro atoms. The number of amides is 2. The van der Waals surface area contributed by atoms with Gasteiger partial charge in [-0.15, -0.1) is 0 Å². The number of carbonyl (C=O) groups excluding carboxylic acids is 2. The summed E-state index contributed by atoms with van der Waals surface area (Å²) >= 11 is 0. The third kappa shape index (κ3) is 5.18. The van der Waals surface area contributed by atoms with Crippen molar-refractivity contribution >= 4 is 27.5 Å². The van der Waals surface area contributed by atoms with Gasteiger partial charge in [0.25, 0.3) is 15.9 Å². The van der Waals surface area contributed by atoms with Crippen LogP contribution in [0.25, 0.3) is 0 Å². The molecule has 0 radical (unpaired) electrons. The number of hydrogen-bond acceptors (Lipinski definition) is 4. The lowest BCUT2D eigenvalue weighted by Gasteiger charge is -2.32. The number of rotatable bonds is 5. The summed E-state index contributed by atoms with van der Waals surface area (Å²) in [5.74, 6) is -0.154. The van der Waals surface area contributed by atoms with E-state index in [1.54, 1.807) is 47.4 Å². The Morgan fingerprint density at radius 1 is 0.967 bits per heavy atom. The van der Waals surface area contributed by atoms with Gasteiger partial charge in [-0.3, -0.25) is 14.3 Å². The molecule has 0 aliphatic carbocycles. The van der Waals surface area contributed by atoms with Gasteiger partial charge in [-0.25, -0.2) is 8.42 Å². The van der Waals surface area contributed by atoms with E-state index < -0.39 is 10.0 Å². The van der Waals surface area contributed by atoms with Gasteiger partial charge in [0.2, 0.25) is 5.91 Å². The molecule has 1 fully saturated rings. The van der Waals surface area contributed by atoms with Crippen LogP contribution in [0.3, 0.4) is 0 Å². The predicted octanol–water partition coefficient (Wildman–Crippen LogP) is 2.84. The molecule has 160 valence electrons. The van der Waals surface area contributed by atoms with Crippen molar-refractivity contribution in [3.63, 3.8) is 0 Å². The van der Waals surface area contributed by atoms with Crippen molar-refractivity contribution < 1.29 is 18.0 Å². The van der Waals surface area contributed by atoms with Crippen molar-refractivity contribution in [2.45, 2.75) is 44.6 Å². The largest absolute Gasteiger partial charge is 0.353 e. The van der Waals surface area contributed by atoms with E-state index in [2.05, 4.69) is 10.0 Å². The lowest BCUT2D eigenvalue weighted by molar-refractivity contribution is -0.119. The molecule has 2 aromatic rings. The van der Waals surface area contributed by atoms with Crippen molar-refractivity contribution in [3.05, 3.63) is 59.2 Å². The van der Waals surface area contributed by atoms with Gasteiger partial charge in [0.05, 0.1) is 4.90 Å². The minimum Gasteiger partial charge on any atom is -0.353 e. The number of piperidine rings is 1. The highest BCUT2D eigenvalue weighted by Gasteiger charge is 2.24.